The zero-order valence-electron chi connectivity index (χ0n) is 16.5. The minimum atomic E-state index is 0.840. The number of unbranched alkanes of at least 4 members (excludes halogenated alkanes) is 2. The first kappa shape index (κ1) is 20.1. The van der Waals surface area contributed by atoms with Crippen molar-refractivity contribution in [2.75, 3.05) is 6.61 Å². The summed E-state index contributed by atoms with van der Waals surface area (Å²) in [5.41, 5.74) is 1.41. The standard InChI is InChI=1S/C24H38O/c1-3-5-8-20-25-24-18-16-23(17-19-24)11-7-6-10-22-14-12-21(9-4-2)13-15-22/h6,10,16-19,21-22H,3-5,7-9,11-15,20H2,1-2H3/t21-,22-. The van der Waals surface area contributed by atoms with Gasteiger partial charge in [-0.25, -0.2) is 0 Å². The minimum absolute atomic E-state index is 0.840. The maximum Gasteiger partial charge on any atom is 0.119 e. The molecule has 1 heteroatoms. The molecule has 0 spiro atoms. The molecule has 0 saturated heterocycles. The van der Waals surface area contributed by atoms with Crippen molar-refractivity contribution in [3.63, 3.8) is 0 Å². The van der Waals surface area contributed by atoms with Crippen LogP contribution in [0.15, 0.2) is 36.4 Å². The van der Waals surface area contributed by atoms with Crippen LogP contribution in [0.1, 0.15) is 83.6 Å². The maximum absolute atomic E-state index is 5.78. The van der Waals surface area contributed by atoms with Gasteiger partial charge in [-0.15, -0.1) is 0 Å². The molecule has 140 valence electrons. The second-order valence-corrected chi connectivity index (χ2v) is 7.74. The molecule has 1 aliphatic carbocycles. The highest BCUT2D eigenvalue weighted by Gasteiger charge is 2.18. The lowest BCUT2D eigenvalue weighted by molar-refractivity contribution is 0.294. The predicted octanol–water partition coefficient (Wildman–Crippen LogP) is 7.35. The number of hydrogen-bond donors (Lipinski definition) is 0. The summed E-state index contributed by atoms with van der Waals surface area (Å²) < 4.78 is 5.78. The van der Waals surface area contributed by atoms with Crippen molar-refractivity contribution in [3.8, 4) is 5.75 Å². The Morgan fingerprint density at radius 2 is 1.72 bits per heavy atom. The molecule has 0 N–H and O–H groups in total. The average Bonchev–Trinajstić information content (AvgIpc) is 2.65. The van der Waals surface area contributed by atoms with E-state index in [1.165, 1.54) is 56.9 Å². The first-order valence-corrected chi connectivity index (χ1v) is 10.7. The van der Waals surface area contributed by atoms with E-state index >= 15 is 0 Å². The Labute approximate surface area is 155 Å². The van der Waals surface area contributed by atoms with E-state index in [1.54, 1.807) is 0 Å². The fraction of sp³-hybridized carbons (Fsp3) is 0.667. The zero-order valence-corrected chi connectivity index (χ0v) is 16.5. The number of rotatable bonds is 11. The highest BCUT2D eigenvalue weighted by atomic mass is 16.5. The van der Waals surface area contributed by atoms with Gasteiger partial charge in [-0.3, -0.25) is 0 Å². The highest BCUT2D eigenvalue weighted by Crippen LogP contribution is 2.32. The monoisotopic (exact) mass is 342 g/mol. The first-order valence-electron chi connectivity index (χ1n) is 10.7. The summed E-state index contributed by atoms with van der Waals surface area (Å²) in [7, 11) is 0. The van der Waals surface area contributed by atoms with Gasteiger partial charge in [0, 0.05) is 0 Å². The van der Waals surface area contributed by atoms with Crippen LogP contribution < -0.4 is 4.74 Å². The molecule has 0 radical (unpaired) electrons. The zero-order chi connectivity index (χ0) is 17.7. The summed E-state index contributed by atoms with van der Waals surface area (Å²) in [4.78, 5) is 0. The van der Waals surface area contributed by atoms with Gasteiger partial charge in [0.1, 0.15) is 5.75 Å². The SMILES string of the molecule is CCCCCOc1ccc(CCC=C[C@H]2CC[C@H](CCC)CC2)cc1. The van der Waals surface area contributed by atoms with E-state index < -0.39 is 0 Å². The van der Waals surface area contributed by atoms with Crippen LogP contribution >= 0.6 is 0 Å². The summed E-state index contributed by atoms with van der Waals surface area (Å²) in [5.74, 6) is 2.86. The Hall–Kier alpha value is -1.24. The topological polar surface area (TPSA) is 9.23 Å². The number of hydrogen-bond acceptors (Lipinski definition) is 1. The fourth-order valence-corrected chi connectivity index (χ4v) is 3.91. The van der Waals surface area contributed by atoms with E-state index in [0.29, 0.717) is 0 Å². The van der Waals surface area contributed by atoms with Gasteiger partial charge < -0.3 is 4.74 Å². The van der Waals surface area contributed by atoms with E-state index in [9.17, 15) is 0 Å². The van der Waals surface area contributed by atoms with Crippen molar-refractivity contribution < 1.29 is 4.74 Å². The molecule has 1 aromatic rings. The average molecular weight is 343 g/mol. The van der Waals surface area contributed by atoms with Gasteiger partial charge in [0.05, 0.1) is 6.61 Å². The van der Waals surface area contributed by atoms with Crippen molar-refractivity contribution in [2.24, 2.45) is 11.8 Å². The second-order valence-electron chi connectivity index (χ2n) is 7.74. The Bertz CT molecular complexity index is 465. The smallest absolute Gasteiger partial charge is 0.119 e. The van der Waals surface area contributed by atoms with Gasteiger partial charge in [0.25, 0.3) is 0 Å². The third-order valence-corrected chi connectivity index (χ3v) is 5.54. The van der Waals surface area contributed by atoms with Crippen LogP contribution in [0, 0.1) is 11.8 Å². The van der Waals surface area contributed by atoms with E-state index in [1.807, 2.05) is 0 Å². The molecule has 0 amide bonds. The van der Waals surface area contributed by atoms with Gasteiger partial charge in [-0.05, 0) is 74.5 Å². The van der Waals surface area contributed by atoms with Crippen LogP contribution in [0.5, 0.6) is 5.75 Å². The van der Waals surface area contributed by atoms with Gasteiger partial charge in [-0.2, -0.15) is 0 Å². The van der Waals surface area contributed by atoms with Crippen molar-refractivity contribution in [1.82, 2.24) is 0 Å². The molecule has 0 aliphatic heterocycles. The third kappa shape index (κ3) is 8.12. The molecule has 1 nitrogen and oxygen atoms in total. The third-order valence-electron chi connectivity index (χ3n) is 5.54. The Balaban J connectivity index is 1.61. The van der Waals surface area contributed by atoms with Crippen LogP contribution in [0.25, 0.3) is 0 Å². The van der Waals surface area contributed by atoms with Gasteiger partial charge in [0.2, 0.25) is 0 Å². The van der Waals surface area contributed by atoms with Crippen molar-refractivity contribution >= 4 is 0 Å². The lowest BCUT2D eigenvalue weighted by Crippen LogP contribution is -2.12. The largest absolute Gasteiger partial charge is 0.494 e. The molecule has 1 fully saturated rings. The fourth-order valence-electron chi connectivity index (χ4n) is 3.91. The number of ether oxygens (including phenoxy) is 1. The molecule has 0 bridgehead atoms. The summed E-state index contributed by atoms with van der Waals surface area (Å²) >= 11 is 0. The van der Waals surface area contributed by atoms with Crippen LogP contribution in [-0.4, -0.2) is 6.61 Å². The van der Waals surface area contributed by atoms with E-state index in [-0.39, 0.29) is 0 Å². The molecular weight excluding hydrogens is 304 g/mol. The molecule has 1 aliphatic rings. The number of aryl methyl sites for hydroxylation is 1. The molecule has 25 heavy (non-hydrogen) atoms. The Morgan fingerprint density at radius 1 is 0.960 bits per heavy atom. The summed E-state index contributed by atoms with van der Waals surface area (Å²) in [6, 6.07) is 8.69. The number of benzene rings is 1. The van der Waals surface area contributed by atoms with Gasteiger partial charge in [-0.1, -0.05) is 63.8 Å². The van der Waals surface area contributed by atoms with Crippen LogP contribution in [0.3, 0.4) is 0 Å². The summed E-state index contributed by atoms with van der Waals surface area (Å²) in [5, 5.41) is 0. The predicted molar refractivity (Wildman–Crippen MR) is 109 cm³/mol. The quantitative estimate of drug-likeness (QED) is 0.302. The van der Waals surface area contributed by atoms with Crippen molar-refractivity contribution in [2.45, 2.75) is 84.5 Å². The van der Waals surface area contributed by atoms with Crippen molar-refractivity contribution in [1.29, 1.82) is 0 Å². The van der Waals surface area contributed by atoms with Crippen LogP contribution in [-0.2, 0) is 6.42 Å². The lowest BCUT2D eigenvalue weighted by atomic mass is 9.80. The molecule has 1 aromatic carbocycles. The van der Waals surface area contributed by atoms with Gasteiger partial charge in [0.15, 0.2) is 0 Å². The Morgan fingerprint density at radius 3 is 2.40 bits per heavy atom. The first-order chi connectivity index (χ1) is 12.3. The molecule has 0 unspecified atom stereocenters. The number of allylic oxidation sites excluding steroid dienone is 2. The minimum Gasteiger partial charge on any atom is -0.494 e. The van der Waals surface area contributed by atoms with E-state index in [0.717, 1.165) is 43.5 Å². The van der Waals surface area contributed by atoms with Gasteiger partial charge >= 0.3 is 0 Å². The van der Waals surface area contributed by atoms with E-state index in [2.05, 4.69) is 50.3 Å². The van der Waals surface area contributed by atoms with Crippen LogP contribution in [0.2, 0.25) is 0 Å². The molecule has 0 atom stereocenters. The highest BCUT2D eigenvalue weighted by molar-refractivity contribution is 5.27. The Kier molecular flexibility index (Phi) is 9.77. The summed E-state index contributed by atoms with van der Waals surface area (Å²) in [6.07, 6.45) is 19.4. The van der Waals surface area contributed by atoms with Crippen molar-refractivity contribution in [3.05, 3.63) is 42.0 Å². The maximum atomic E-state index is 5.78. The molecular formula is C24H38O. The molecule has 1 saturated carbocycles. The second kappa shape index (κ2) is 12.2. The van der Waals surface area contributed by atoms with Crippen LogP contribution in [0.4, 0.5) is 0 Å². The molecule has 0 aromatic heterocycles. The molecule has 0 heterocycles. The van der Waals surface area contributed by atoms with E-state index in [4.69, 9.17) is 4.74 Å². The molecule has 2 rings (SSSR count). The normalized spacial score (nSPS) is 20.9. The summed E-state index contributed by atoms with van der Waals surface area (Å²) in [6.45, 7) is 5.38. The lowest BCUT2D eigenvalue weighted by Gasteiger charge is -2.26.